The van der Waals surface area contributed by atoms with E-state index in [2.05, 4.69) is 22.1 Å². The molecule has 2 aromatic carbocycles. The van der Waals surface area contributed by atoms with Crippen molar-refractivity contribution in [3.8, 4) is 0 Å². The molecule has 0 amide bonds. The molecule has 0 aliphatic heterocycles. The molecule has 0 aliphatic carbocycles. The van der Waals surface area contributed by atoms with Crippen molar-refractivity contribution in [1.29, 1.82) is 0 Å². The van der Waals surface area contributed by atoms with Crippen LogP contribution in [-0.2, 0) is 21.1 Å². The van der Waals surface area contributed by atoms with Crippen molar-refractivity contribution in [3.63, 3.8) is 0 Å². The van der Waals surface area contributed by atoms with E-state index in [1.54, 1.807) is 12.4 Å². The van der Waals surface area contributed by atoms with E-state index in [9.17, 15) is 0 Å². The normalized spacial score (nSPS) is 8.52. The fourth-order valence-corrected chi connectivity index (χ4v) is 1.72. The van der Waals surface area contributed by atoms with Crippen LogP contribution in [0.4, 0.5) is 0 Å². The molecule has 0 N–H and O–H groups in total. The van der Waals surface area contributed by atoms with Crippen LogP contribution in [0.3, 0.4) is 0 Å². The van der Waals surface area contributed by atoms with E-state index in [4.69, 9.17) is 0 Å². The number of pyridine rings is 2. The third-order valence-corrected chi connectivity index (χ3v) is 2.78. The summed E-state index contributed by atoms with van der Waals surface area (Å²) in [7, 11) is 0. The number of hydrogen-bond acceptors (Lipinski definition) is 2. The Kier molecular flexibility index (Phi) is 9.98. The van der Waals surface area contributed by atoms with Gasteiger partial charge < -0.3 is 0 Å². The van der Waals surface area contributed by atoms with Crippen molar-refractivity contribution >= 4 is 10.8 Å². The number of hydrogen-bond donors (Lipinski definition) is 0. The average molecular weight is 481 g/mol. The molecule has 4 rings (SSSR count). The molecule has 116 valence electrons. The van der Waals surface area contributed by atoms with Crippen LogP contribution in [0.2, 0.25) is 0 Å². The Labute approximate surface area is 151 Å². The minimum absolute atomic E-state index is 0. The van der Waals surface area contributed by atoms with Gasteiger partial charge in [-0.15, -0.1) is 0 Å². The van der Waals surface area contributed by atoms with Gasteiger partial charge in [-0.3, -0.25) is 9.97 Å². The number of aromatic nitrogens is 2. The maximum atomic E-state index is 4.01. The molecule has 4 aromatic rings. The van der Waals surface area contributed by atoms with E-state index in [-0.39, 0.29) is 21.1 Å². The zero-order valence-electron chi connectivity index (χ0n) is 12.6. The second-order valence-corrected chi connectivity index (χ2v) is 4.40. The number of nitrogens with zero attached hydrogens (tertiary/aromatic N) is 2. The Hall–Kier alpha value is -2.31. The summed E-state index contributed by atoms with van der Waals surface area (Å²) in [4.78, 5) is 7.80. The molecule has 3 heteroatoms. The zero-order valence-corrected chi connectivity index (χ0v) is 14.9. The average Bonchev–Trinajstić information content (AvgIpc) is 2.66. The van der Waals surface area contributed by atoms with Crippen LogP contribution in [0.5, 0.6) is 0 Å². The smallest absolute Gasteiger partial charge is 0.265 e. The first-order valence-electron chi connectivity index (χ1n) is 7.10. The maximum absolute atomic E-state index is 4.01. The van der Waals surface area contributed by atoms with Crippen LogP contribution in [0, 0.1) is 0 Å². The van der Waals surface area contributed by atoms with Crippen LogP contribution in [-0.4, -0.2) is 9.97 Å². The van der Waals surface area contributed by atoms with Crippen LogP contribution < -0.4 is 0 Å². The number of benzene rings is 2. The van der Waals surface area contributed by atoms with Gasteiger partial charge in [0, 0.05) is 24.8 Å². The molecule has 0 radical (unpaired) electrons. The zero-order chi connectivity index (χ0) is 15.3. The standard InChI is InChI=1S/C9H7N.C6H6.C5H5N.Pt/c1-2-4-9-7-10-6-5-8(9)3-1;2*1-2-4-6-5-3-1;/h1-7H;1-6H;1-5H;/q;;;+2. The van der Waals surface area contributed by atoms with Gasteiger partial charge >= 0.3 is 21.1 Å². The monoisotopic (exact) mass is 481 g/mol. The third kappa shape index (κ3) is 8.04. The van der Waals surface area contributed by atoms with E-state index >= 15 is 0 Å². The molecule has 0 aliphatic rings. The van der Waals surface area contributed by atoms with E-state index in [1.807, 2.05) is 85.2 Å². The topological polar surface area (TPSA) is 25.8 Å². The van der Waals surface area contributed by atoms with Crippen LogP contribution in [0.25, 0.3) is 10.8 Å². The molecule has 0 spiro atoms. The quantitative estimate of drug-likeness (QED) is 0.353. The van der Waals surface area contributed by atoms with Crippen molar-refractivity contribution in [2.75, 3.05) is 0 Å². The van der Waals surface area contributed by atoms with E-state index in [0.29, 0.717) is 0 Å². The fourth-order valence-electron chi connectivity index (χ4n) is 1.72. The summed E-state index contributed by atoms with van der Waals surface area (Å²) in [5.74, 6) is 0. The van der Waals surface area contributed by atoms with Gasteiger partial charge in [-0.05, 0) is 29.0 Å². The summed E-state index contributed by atoms with van der Waals surface area (Å²) in [5, 5.41) is 2.45. The van der Waals surface area contributed by atoms with Crippen molar-refractivity contribution < 1.29 is 21.1 Å². The molecule has 0 bridgehead atoms. The predicted octanol–water partition coefficient (Wildman–Crippen LogP) is 5.00. The summed E-state index contributed by atoms with van der Waals surface area (Å²) >= 11 is 0. The Morgan fingerprint density at radius 3 is 1.39 bits per heavy atom. The summed E-state index contributed by atoms with van der Waals surface area (Å²) in [6.07, 6.45) is 7.18. The molecule has 2 aromatic heterocycles. The molecule has 2 heterocycles. The minimum atomic E-state index is 0. The van der Waals surface area contributed by atoms with Crippen LogP contribution >= 0.6 is 0 Å². The molecule has 0 saturated carbocycles. The van der Waals surface area contributed by atoms with Crippen molar-refractivity contribution in [2.45, 2.75) is 0 Å². The molecule has 0 atom stereocenters. The Morgan fingerprint density at radius 2 is 0.957 bits per heavy atom. The Bertz CT molecular complexity index is 596. The van der Waals surface area contributed by atoms with Gasteiger partial charge in [0.05, 0.1) is 0 Å². The second kappa shape index (κ2) is 12.3. The molecule has 23 heavy (non-hydrogen) atoms. The summed E-state index contributed by atoms with van der Waals surface area (Å²) in [6.45, 7) is 0. The van der Waals surface area contributed by atoms with Gasteiger partial charge in [0.1, 0.15) is 0 Å². The van der Waals surface area contributed by atoms with Crippen molar-refractivity contribution in [2.24, 2.45) is 0 Å². The van der Waals surface area contributed by atoms with Gasteiger partial charge in [-0.25, -0.2) is 0 Å². The number of fused-ring (bicyclic) bond motifs is 1. The summed E-state index contributed by atoms with van der Waals surface area (Å²) < 4.78 is 0. The largest absolute Gasteiger partial charge is 2.00 e. The first kappa shape index (κ1) is 18.7. The minimum Gasteiger partial charge on any atom is -0.265 e. The molecular weight excluding hydrogens is 463 g/mol. The predicted molar refractivity (Wildman–Crippen MR) is 92.4 cm³/mol. The maximum Gasteiger partial charge on any atom is 2.00 e. The molecule has 0 fully saturated rings. The molecular formula is C20H18N2Pt+2. The fraction of sp³-hybridized carbons (Fsp3) is 0. The second-order valence-electron chi connectivity index (χ2n) is 4.40. The van der Waals surface area contributed by atoms with E-state index in [1.165, 1.54) is 10.8 Å². The van der Waals surface area contributed by atoms with Crippen LogP contribution in [0.1, 0.15) is 0 Å². The van der Waals surface area contributed by atoms with Crippen LogP contribution in [0.15, 0.2) is 110 Å². The summed E-state index contributed by atoms with van der Waals surface area (Å²) in [6, 6.07) is 27.9. The van der Waals surface area contributed by atoms with Crippen molar-refractivity contribution in [3.05, 3.63) is 110 Å². The van der Waals surface area contributed by atoms with Crippen molar-refractivity contribution in [1.82, 2.24) is 9.97 Å². The van der Waals surface area contributed by atoms with Gasteiger partial charge in [-0.2, -0.15) is 0 Å². The third-order valence-electron chi connectivity index (χ3n) is 2.78. The first-order chi connectivity index (χ1) is 11.0. The Morgan fingerprint density at radius 1 is 0.435 bits per heavy atom. The SMILES string of the molecule is [Pt+2].c1ccc2cnccc2c1.c1ccccc1.c1ccncc1. The van der Waals surface area contributed by atoms with Gasteiger partial charge in [-0.1, -0.05) is 66.7 Å². The molecule has 2 nitrogen and oxygen atoms in total. The first-order valence-corrected chi connectivity index (χ1v) is 7.10. The Balaban J connectivity index is 0.000000178. The van der Waals surface area contributed by atoms with Gasteiger partial charge in [0.2, 0.25) is 0 Å². The van der Waals surface area contributed by atoms with E-state index in [0.717, 1.165) is 0 Å². The molecule has 0 saturated heterocycles. The van der Waals surface area contributed by atoms with Gasteiger partial charge in [0.15, 0.2) is 0 Å². The van der Waals surface area contributed by atoms with Gasteiger partial charge in [0.25, 0.3) is 0 Å². The summed E-state index contributed by atoms with van der Waals surface area (Å²) in [5.41, 5.74) is 0. The van der Waals surface area contributed by atoms with E-state index < -0.39 is 0 Å². The molecule has 0 unspecified atom stereocenters. The number of rotatable bonds is 0.